The lowest BCUT2D eigenvalue weighted by Gasteiger charge is -2.57. The van der Waals surface area contributed by atoms with Gasteiger partial charge in [-0.1, -0.05) is 0 Å². The lowest BCUT2D eigenvalue weighted by molar-refractivity contribution is -0.0503. The smallest absolute Gasteiger partial charge is 0.317 e. The minimum absolute atomic E-state index is 0.218. The maximum absolute atomic E-state index is 12.7. The van der Waals surface area contributed by atoms with Gasteiger partial charge >= 0.3 is 6.03 Å². The van der Waals surface area contributed by atoms with Gasteiger partial charge in [0.25, 0.3) is 0 Å². The van der Waals surface area contributed by atoms with Gasteiger partial charge in [-0.2, -0.15) is 0 Å². The van der Waals surface area contributed by atoms with Crippen LogP contribution in [0.25, 0.3) is 0 Å². The zero-order valence-corrected chi connectivity index (χ0v) is 15.7. The van der Waals surface area contributed by atoms with E-state index in [4.69, 9.17) is 0 Å². The molecule has 0 aromatic rings. The van der Waals surface area contributed by atoms with Crippen LogP contribution in [0.15, 0.2) is 0 Å². The summed E-state index contributed by atoms with van der Waals surface area (Å²) >= 11 is 0. The van der Waals surface area contributed by atoms with E-state index < -0.39 is 0 Å². The van der Waals surface area contributed by atoms with E-state index in [1.54, 1.807) is 0 Å². The Morgan fingerprint density at radius 3 is 2.00 bits per heavy atom. The van der Waals surface area contributed by atoms with Gasteiger partial charge in [-0.15, -0.1) is 0 Å². The van der Waals surface area contributed by atoms with Gasteiger partial charge in [0.2, 0.25) is 0 Å². The van der Waals surface area contributed by atoms with E-state index in [9.17, 15) is 4.79 Å². The number of carbonyl (C=O) groups is 1. The van der Waals surface area contributed by atoms with Crippen molar-refractivity contribution in [1.29, 1.82) is 0 Å². The van der Waals surface area contributed by atoms with Crippen molar-refractivity contribution in [3.8, 4) is 0 Å². The lowest BCUT2D eigenvalue weighted by atomic mass is 9.49. The Morgan fingerprint density at radius 1 is 0.880 bits per heavy atom. The molecule has 4 bridgehead atoms. The molecule has 6 aliphatic rings. The van der Waals surface area contributed by atoms with Crippen molar-refractivity contribution in [2.24, 2.45) is 23.2 Å². The molecule has 0 spiro atoms. The minimum Gasteiger partial charge on any atom is -0.337 e. The molecule has 0 aromatic heterocycles. The summed E-state index contributed by atoms with van der Waals surface area (Å²) in [5.41, 5.74) is 0.457. The van der Waals surface area contributed by atoms with Crippen LogP contribution in [0.4, 0.5) is 4.79 Å². The predicted octanol–water partition coefficient (Wildman–Crippen LogP) is 3.47. The minimum atomic E-state index is 0.218. The Bertz CT molecular complexity index is 470. The van der Waals surface area contributed by atoms with E-state index in [0.29, 0.717) is 5.41 Å². The van der Waals surface area contributed by atoms with Gasteiger partial charge in [0.15, 0.2) is 0 Å². The fraction of sp³-hybridized carbons (Fsp3) is 0.952. The van der Waals surface area contributed by atoms with E-state index in [2.05, 4.69) is 15.1 Å². The highest BCUT2D eigenvalue weighted by molar-refractivity contribution is 5.74. The topological polar surface area (TPSA) is 35.6 Å². The fourth-order valence-corrected chi connectivity index (χ4v) is 7.42. The summed E-state index contributed by atoms with van der Waals surface area (Å²) in [6.07, 6.45) is 13.7. The van der Waals surface area contributed by atoms with Crippen molar-refractivity contribution in [2.45, 2.75) is 70.3 Å². The second kappa shape index (κ2) is 6.44. The largest absolute Gasteiger partial charge is 0.337 e. The first-order chi connectivity index (χ1) is 12.2. The predicted molar refractivity (Wildman–Crippen MR) is 99.4 cm³/mol. The number of likely N-dealkylation sites (tertiary alicyclic amines) is 2. The van der Waals surface area contributed by atoms with Crippen LogP contribution in [-0.4, -0.2) is 54.6 Å². The number of rotatable bonds is 3. The van der Waals surface area contributed by atoms with Crippen LogP contribution < -0.4 is 5.32 Å². The molecular formula is C21H35N3O. The van der Waals surface area contributed by atoms with Gasteiger partial charge in [-0.3, -0.25) is 0 Å². The molecule has 0 radical (unpaired) electrons. The van der Waals surface area contributed by atoms with Crippen molar-refractivity contribution in [3.63, 3.8) is 0 Å². The van der Waals surface area contributed by atoms with Crippen LogP contribution in [-0.2, 0) is 0 Å². The van der Waals surface area contributed by atoms with Crippen LogP contribution >= 0.6 is 0 Å². The molecule has 0 unspecified atom stereocenters. The molecule has 4 nitrogen and oxygen atoms in total. The Balaban J connectivity index is 1.12. The summed E-state index contributed by atoms with van der Waals surface area (Å²) in [5, 5.41) is 3.37. The summed E-state index contributed by atoms with van der Waals surface area (Å²) < 4.78 is 0. The Labute approximate surface area is 152 Å². The Morgan fingerprint density at radius 2 is 1.44 bits per heavy atom. The fourth-order valence-electron chi connectivity index (χ4n) is 7.42. The molecule has 6 fully saturated rings. The lowest BCUT2D eigenvalue weighted by Crippen LogP contribution is -2.54. The highest BCUT2D eigenvalue weighted by atomic mass is 16.2. The average Bonchev–Trinajstić information content (AvgIpc) is 3.13. The van der Waals surface area contributed by atoms with E-state index in [1.165, 1.54) is 77.3 Å². The first-order valence-corrected chi connectivity index (χ1v) is 11.0. The standard InChI is InChI=1S/C21H35N3O/c25-20(24-7-3-19(4-8-24)23-5-1-2-6-23)22-15-21-12-16-9-17(13-21)11-18(10-16)14-21/h16-19H,1-15H2,(H,22,25). The highest BCUT2D eigenvalue weighted by Crippen LogP contribution is 2.59. The molecule has 4 aliphatic carbocycles. The molecule has 4 saturated carbocycles. The van der Waals surface area contributed by atoms with Crippen molar-refractivity contribution in [1.82, 2.24) is 15.1 Å². The third-order valence-electron chi connectivity index (χ3n) is 8.19. The molecule has 25 heavy (non-hydrogen) atoms. The normalized spacial score (nSPS) is 41.4. The maximum atomic E-state index is 12.7. The van der Waals surface area contributed by atoms with Crippen LogP contribution in [0.3, 0.4) is 0 Å². The second-order valence-electron chi connectivity index (χ2n) is 10.0. The molecule has 4 heteroatoms. The average molecular weight is 346 g/mol. The number of hydrogen-bond acceptors (Lipinski definition) is 2. The van der Waals surface area contributed by atoms with E-state index >= 15 is 0 Å². The summed E-state index contributed by atoms with van der Waals surface area (Å²) in [5.74, 6) is 2.91. The van der Waals surface area contributed by atoms with Crippen molar-refractivity contribution < 1.29 is 4.79 Å². The van der Waals surface area contributed by atoms with Crippen molar-refractivity contribution in [2.75, 3.05) is 32.7 Å². The van der Waals surface area contributed by atoms with Gasteiger partial charge in [0.1, 0.15) is 0 Å². The number of nitrogens with zero attached hydrogens (tertiary/aromatic N) is 2. The van der Waals surface area contributed by atoms with Crippen molar-refractivity contribution in [3.05, 3.63) is 0 Å². The number of urea groups is 1. The molecular weight excluding hydrogens is 310 g/mol. The maximum Gasteiger partial charge on any atom is 0.317 e. The van der Waals surface area contributed by atoms with Crippen LogP contribution in [0.2, 0.25) is 0 Å². The molecule has 0 atom stereocenters. The Hall–Kier alpha value is -0.770. The van der Waals surface area contributed by atoms with E-state index in [1.807, 2.05) is 0 Å². The third-order valence-corrected chi connectivity index (χ3v) is 8.19. The SMILES string of the molecule is O=C(NCC12CC3CC(CC(C3)C1)C2)N1CCC(N2CCCC2)CC1. The summed E-state index contributed by atoms with van der Waals surface area (Å²) in [6, 6.07) is 0.949. The first-order valence-electron chi connectivity index (χ1n) is 11.0. The van der Waals surface area contributed by atoms with Crippen LogP contribution in [0.1, 0.15) is 64.2 Å². The molecule has 2 saturated heterocycles. The quantitative estimate of drug-likeness (QED) is 0.850. The summed E-state index contributed by atoms with van der Waals surface area (Å²) in [4.78, 5) is 17.5. The summed E-state index contributed by atoms with van der Waals surface area (Å²) in [7, 11) is 0. The summed E-state index contributed by atoms with van der Waals surface area (Å²) in [6.45, 7) is 5.41. The highest BCUT2D eigenvalue weighted by Gasteiger charge is 2.50. The number of piperidine rings is 1. The molecule has 6 rings (SSSR count). The van der Waals surface area contributed by atoms with E-state index in [-0.39, 0.29) is 6.03 Å². The molecule has 2 amide bonds. The van der Waals surface area contributed by atoms with Gasteiger partial charge in [-0.05, 0) is 100 Å². The van der Waals surface area contributed by atoms with Gasteiger partial charge < -0.3 is 15.1 Å². The van der Waals surface area contributed by atoms with Crippen LogP contribution in [0.5, 0.6) is 0 Å². The zero-order valence-electron chi connectivity index (χ0n) is 15.7. The number of nitrogens with one attached hydrogen (secondary N) is 1. The molecule has 1 N–H and O–H groups in total. The molecule has 2 aliphatic heterocycles. The first kappa shape index (κ1) is 16.4. The second-order valence-corrected chi connectivity index (χ2v) is 10.0. The van der Waals surface area contributed by atoms with Gasteiger partial charge in [0, 0.05) is 25.7 Å². The molecule has 140 valence electrons. The third kappa shape index (κ3) is 3.20. The Kier molecular flexibility index (Phi) is 4.22. The molecule has 2 heterocycles. The van der Waals surface area contributed by atoms with E-state index in [0.717, 1.165) is 43.4 Å². The molecule has 0 aromatic carbocycles. The monoisotopic (exact) mass is 345 g/mol. The zero-order chi connectivity index (χ0) is 16.9. The number of hydrogen-bond donors (Lipinski definition) is 1. The van der Waals surface area contributed by atoms with Gasteiger partial charge in [-0.25, -0.2) is 4.79 Å². The van der Waals surface area contributed by atoms with Crippen molar-refractivity contribution >= 4 is 6.03 Å². The number of carbonyl (C=O) groups excluding carboxylic acids is 1. The van der Waals surface area contributed by atoms with Crippen LogP contribution in [0, 0.1) is 23.2 Å². The number of amides is 2. The van der Waals surface area contributed by atoms with Gasteiger partial charge in [0.05, 0.1) is 0 Å².